The van der Waals surface area contributed by atoms with Gasteiger partial charge in [0, 0.05) is 11.1 Å². The lowest BCUT2D eigenvalue weighted by Gasteiger charge is -2.17. The summed E-state index contributed by atoms with van der Waals surface area (Å²) in [5.41, 5.74) is 0.760. The lowest BCUT2D eigenvalue weighted by molar-refractivity contribution is -0.385. The summed E-state index contributed by atoms with van der Waals surface area (Å²) < 4.78 is 5.74. The molecule has 3 rings (SSSR count). The Morgan fingerprint density at radius 1 is 1.18 bits per heavy atom. The minimum absolute atomic E-state index is 0.164. The molecule has 0 spiro atoms. The van der Waals surface area contributed by atoms with Crippen molar-refractivity contribution in [2.24, 2.45) is 0 Å². The fraction of sp³-hybridized carbons (Fsp3) is 0.167. The van der Waals surface area contributed by atoms with Crippen LogP contribution in [-0.2, 0) is 0 Å². The number of nitro groups is 1. The normalized spacial score (nSPS) is 10.1. The number of benzene rings is 1. The lowest BCUT2D eigenvalue weighted by atomic mass is 10.2. The molecule has 0 radical (unpaired) electrons. The van der Waals surface area contributed by atoms with Gasteiger partial charge in [0.25, 0.3) is 0 Å². The van der Waals surface area contributed by atoms with Gasteiger partial charge in [-0.15, -0.1) is 0 Å². The Labute approximate surface area is 159 Å². The highest BCUT2D eigenvalue weighted by atomic mass is 16.6. The van der Waals surface area contributed by atoms with Crippen LogP contribution in [0.15, 0.2) is 36.7 Å². The van der Waals surface area contributed by atoms with Gasteiger partial charge in [-0.2, -0.15) is 15.5 Å². The van der Waals surface area contributed by atoms with Crippen molar-refractivity contribution in [3.63, 3.8) is 0 Å². The Morgan fingerprint density at radius 3 is 2.61 bits per heavy atom. The van der Waals surface area contributed by atoms with E-state index in [1.54, 1.807) is 12.1 Å². The van der Waals surface area contributed by atoms with E-state index in [0.29, 0.717) is 11.3 Å². The summed E-state index contributed by atoms with van der Waals surface area (Å²) in [4.78, 5) is 24.4. The number of nitriles is 2. The molecule has 0 saturated carbocycles. The summed E-state index contributed by atoms with van der Waals surface area (Å²) in [6.07, 6.45) is 1.09. The van der Waals surface area contributed by atoms with Crippen molar-refractivity contribution < 1.29 is 9.66 Å². The summed E-state index contributed by atoms with van der Waals surface area (Å²) in [7, 11) is 0. The van der Waals surface area contributed by atoms with Gasteiger partial charge in [-0.3, -0.25) is 10.1 Å². The monoisotopic (exact) mass is 375 g/mol. The quantitative estimate of drug-likeness (QED) is 0.361. The van der Waals surface area contributed by atoms with Gasteiger partial charge in [0.05, 0.1) is 17.1 Å². The molecule has 0 atom stereocenters. The number of para-hydroxylation sites is 1. The first-order valence-corrected chi connectivity index (χ1v) is 8.07. The summed E-state index contributed by atoms with van der Waals surface area (Å²) in [6, 6.07) is 12.6. The molecular weight excluding hydrogens is 362 g/mol. The molecule has 2 aromatic heterocycles. The Balaban J connectivity index is 2.12. The van der Waals surface area contributed by atoms with Gasteiger partial charge >= 0.3 is 11.6 Å². The summed E-state index contributed by atoms with van der Waals surface area (Å²) in [5.74, 6) is -0.171. The second-order valence-corrected chi connectivity index (χ2v) is 5.66. The minimum atomic E-state index is -0.698. The number of fused-ring (bicyclic) bond motifs is 1. The Kier molecular flexibility index (Phi) is 5.23. The zero-order chi connectivity index (χ0) is 20.1. The molecule has 2 heterocycles. The Morgan fingerprint density at radius 2 is 1.93 bits per heavy atom. The average Bonchev–Trinajstić information content (AvgIpc) is 2.68. The van der Waals surface area contributed by atoms with Crippen LogP contribution in [0.2, 0.25) is 0 Å². The second kappa shape index (κ2) is 7.93. The van der Waals surface area contributed by atoms with E-state index >= 15 is 0 Å². The van der Waals surface area contributed by atoms with Crippen LogP contribution in [0.1, 0.15) is 5.69 Å². The molecule has 0 N–H and O–H groups in total. The highest BCUT2D eigenvalue weighted by Gasteiger charge is 2.29. The van der Waals surface area contributed by atoms with E-state index in [9.17, 15) is 10.1 Å². The maximum Gasteiger partial charge on any atom is 0.373 e. The van der Waals surface area contributed by atoms with Crippen molar-refractivity contribution in [2.75, 3.05) is 18.0 Å². The first kappa shape index (κ1) is 18.5. The molecule has 0 aliphatic heterocycles. The van der Waals surface area contributed by atoms with Gasteiger partial charge in [-0.25, -0.2) is 9.97 Å². The number of aryl methyl sites for hydroxylation is 1. The Bertz CT molecular complexity index is 1120. The molecule has 3 aromatic rings. The van der Waals surface area contributed by atoms with E-state index in [1.165, 1.54) is 4.90 Å². The lowest BCUT2D eigenvalue weighted by Crippen LogP contribution is -2.26. The van der Waals surface area contributed by atoms with E-state index in [2.05, 4.69) is 15.0 Å². The maximum atomic E-state index is 11.7. The third-order valence-corrected chi connectivity index (χ3v) is 3.80. The predicted octanol–water partition coefficient (Wildman–Crippen LogP) is 2.89. The van der Waals surface area contributed by atoms with E-state index in [-0.39, 0.29) is 24.8 Å². The zero-order valence-corrected chi connectivity index (χ0v) is 14.7. The van der Waals surface area contributed by atoms with E-state index < -0.39 is 10.6 Å². The maximum absolute atomic E-state index is 11.7. The molecule has 0 fully saturated rings. The summed E-state index contributed by atoms with van der Waals surface area (Å²) in [5, 5.41) is 30.4. The van der Waals surface area contributed by atoms with Crippen molar-refractivity contribution in [3.8, 4) is 23.8 Å². The van der Waals surface area contributed by atoms with Crippen LogP contribution < -0.4 is 9.64 Å². The smallest absolute Gasteiger partial charge is 0.373 e. The molecule has 28 heavy (non-hydrogen) atoms. The van der Waals surface area contributed by atoms with Crippen molar-refractivity contribution >= 4 is 22.4 Å². The van der Waals surface area contributed by atoms with Crippen molar-refractivity contribution in [1.29, 1.82) is 10.5 Å². The molecule has 10 nitrogen and oxygen atoms in total. The number of ether oxygens (including phenoxy) is 1. The van der Waals surface area contributed by atoms with Gasteiger partial charge in [-0.05, 0) is 19.1 Å². The van der Waals surface area contributed by atoms with E-state index in [0.717, 1.165) is 17.4 Å². The number of anilines is 1. The first-order chi connectivity index (χ1) is 13.5. The van der Waals surface area contributed by atoms with Crippen LogP contribution in [0.5, 0.6) is 11.6 Å². The zero-order valence-electron chi connectivity index (χ0n) is 14.7. The van der Waals surface area contributed by atoms with Crippen LogP contribution in [0, 0.1) is 39.7 Å². The van der Waals surface area contributed by atoms with E-state index in [1.807, 2.05) is 37.3 Å². The highest BCUT2D eigenvalue weighted by molar-refractivity contribution is 5.85. The molecule has 0 unspecified atom stereocenters. The fourth-order valence-electron chi connectivity index (χ4n) is 2.60. The van der Waals surface area contributed by atoms with Crippen molar-refractivity contribution in [2.45, 2.75) is 6.92 Å². The van der Waals surface area contributed by atoms with Crippen LogP contribution in [0.3, 0.4) is 0 Å². The molecule has 0 aliphatic carbocycles. The number of nitrogens with zero attached hydrogens (tertiary/aromatic N) is 7. The number of pyridine rings is 1. The van der Waals surface area contributed by atoms with E-state index in [4.69, 9.17) is 15.3 Å². The highest BCUT2D eigenvalue weighted by Crippen LogP contribution is 2.37. The third-order valence-electron chi connectivity index (χ3n) is 3.80. The van der Waals surface area contributed by atoms with Gasteiger partial charge in [0.1, 0.15) is 24.9 Å². The van der Waals surface area contributed by atoms with Gasteiger partial charge in [0.15, 0.2) is 5.75 Å². The largest absolute Gasteiger partial charge is 0.431 e. The van der Waals surface area contributed by atoms with Gasteiger partial charge in [0.2, 0.25) is 5.82 Å². The Hall–Kier alpha value is -4.31. The molecular formula is C18H13N7O3. The topological polar surface area (TPSA) is 142 Å². The van der Waals surface area contributed by atoms with Gasteiger partial charge in [-0.1, -0.05) is 18.2 Å². The van der Waals surface area contributed by atoms with Crippen LogP contribution in [0.4, 0.5) is 11.5 Å². The van der Waals surface area contributed by atoms with Crippen molar-refractivity contribution in [3.05, 3.63) is 52.5 Å². The first-order valence-electron chi connectivity index (χ1n) is 8.07. The molecule has 0 saturated heterocycles. The molecule has 10 heteroatoms. The fourth-order valence-corrected chi connectivity index (χ4v) is 2.60. The third kappa shape index (κ3) is 3.61. The minimum Gasteiger partial charge on any atom is -0.431 e. The number of hydrogen-bond acceptors (Lipinski definition) is 9. The molecule has 0 amide bonds. The molecule has 1 aromatic carbocycles. The predicted molar refractivity (Wildman–Crippen MR) is 98.7 cm³/mol. The summed E-state index contributed by atoms with van der Waals surface area (Å²) >= 11 is 0. The summed E-state index contributed by atoms with van der Waals surface area (Å²) in [6.45, 7) is 1.32. The molecule has 0 aliphatic rings. The number of rotatable bonds is 6. The average molecular weight is 375 g/mol. The van der Waals surface area contributed by atoms with Gasteiger partial charge < -0.3 is 9.64 Å². The van der Waals surface area contributed by atoms with Crippen molar-refractivity contribution in [1.82, 2.24) is 15.0 Å². The molecule has 138 valence electrons. The standard InChI is InChI=1S/C18H13N7O3/c1-12-5-6-13-3-2-4-14(15(13)23-12)28-18-16(25(26)27)17(21-11-22-18)24(9-7-19)10-8-20/h2-6,11H,9-10H2,1H3. The van der Waals surface area contributed by atoms with Crippen LogP contribution in [0.25, 0.3) is 10.9 Å². The van der Waals surface area contributed by atoms with Crippen LogP contribution in [-0.4, -0.2) is 33.0 Å². The second-order valence-electron chi connectivity index (χ2n) is 5.66. The number of hydrogen-bond donors (Lipinski definition) is 0. The number of aromatic nitrogens is 3. The molecule has 0 bridgehead atoms. The van der Waals surface area contributed by atoms with Crippen LogP contribution >= 0.6 is 0 Å². The SMILES string of the molecule is Cc1ccc2cccc(Oc3ncnc(N(CC#N)CC#N)c3[N+](=O)[O-])c2n1.